The van der Waals surface area contributed by atoms with E-state index in [0.29, 0.717) is 23.9 Å². The molecule has 0 radical (unpaired) electrons. The standard InChI is InChI=1S/C16H21ClN2O3/c1-16(2,3)22-15(20)18-12-6-5-7-13-14(12)11(17)10-19(13)8-9-21-4/h5-7,10H,8-9H2,1-4H3,(H,18,20). The molecule has 0 aliphatic rings. The Balaban J connectivity index is 2.31. The van der Waals surface area contributed by atoms with Crippen molar-refractivity contribution in [2.75, 3.05) is 19.0 Å². The molecular formula is C16H21ClN2O3. The Morgan fingerprint density at radius 1 is 1.36 bits per heavy atom. The molecule has 0 fully saturated rings. The molecule has 1 aromatic carbocycles. The lowest BCUT2D eigenvalue weighted by atomic mass is 10.2. The average molecular weight is 325 g/mol. The first-order valence-corrected chi connectivity index (χ1v) is 7.46. The number of halogens is 1. The van der Waals surface area contributed by atoms with Gasteiger partial charge in [-0.15, -0.1) is 0 Å². The van der Waals surface area contributed by atoms with E-state index >= 15 is 0 Å². The van der Waals surface area contributed by atoms with Gasteiger partial charge in [0.2, 0.25) is 0 Å². The third-order valence-electron chi connectivity index (χ3n) is 3.03. The number of benzene rings is 1. The van der Waals surface area contributed by atoms with Crippen molar-refractivity contribution in [2.45, 2.75) is 32.9 Å². The minimum atomic E-state index is -0.549. The fourth-order valence-corrected chi connectivity index (χ4v) is 2.51. The van der Waals surface area contributed by atoms with Crippen molar-refractivity contribution in [1.82, 2.24) is 4.57 Å². The fraction of sp³-hybridized carbons (Fsp3) is 0.438. The molecule has 0 aliphatic heterocycles. The number of fused-ring (bicyclic) bond motifs is 1. The van der Waals surface area contributed by atoms with Gasteiger partial charge in [-0.3, -0.25) is 5.32 Å². The number of anilines is 1. The molecular weight excluding hydrogens is 304 g/mol. The molecule has 0 saturated heterocycles. The maximum atomic E-state index is 12.0. The smallest absolute Gasteiger partial charge is 0.412 e. The van der Waals surface area contributed by atoms with Gasteiger partial charge in [0, 0.05) is 25.2 Å². The van der Waals surface area contributed by atoms with Gasteiger partial charge in [0.25, 0.3) is 0 Å². The molecule has 0 aliphatic carbocycles. The van der Waals surface area contributed by atoms with Crippen molar-refractivity contribution < 1.29 is 14.3 Å². The lowest BCUT2D eigenvalue weighted by Crippen LogP contribution is -2.27. The van der Waals surface area contributed by atoms with Gasteiger partial charge in [0.05, 0.1) is 22.8 Å². The molecule has 0 spiro atoms. The van der Waals surface area contributed by atoms with Gasteiger partial charge in [0.15, 0.2) is 0 Å². The molecule has 1 aromatic heterocycles. The van der Waals surface area contributed by atoms with Crippen LogP contribution in [0.4, 0.5) is 10.5 Å². The maximum absolute atomic E-state index is 12.0. The van der Waals surface area contributed by atoms with Crippen molar-refractivity contribution in [3.8, 4) is 0 Å². The first-order valence-electron chi connectivity index (χ1n) is 7.08. The van der Waals surface area contributed by atoms with Crippen molar-refractivity contribution in [3.05, 3.63) is 29.4 Å². The van der Waals surface area contributed by atoms with E-state index in [1.54, 1.807) is 13.2 Å². The summed E-state index contributed by atoms with van der Waals surface area (Å²) in [6, 6.07) is 5.63. The number of carbonyl (C=O) groups is 1. The monoisotopic (exact) mass is 324 g/mol. The van der Waals surface area contributed by atoms with E-state index in [2.05, 4.69) is 5.32 Å². The van der Waals surface area contributed by atoms with E-state index in [1.165, 1.54) is 0 Å². The number of carbonyl (C=O) groups excluding carboxylic acids is 1. The Bertz CT molecular complexity index is 674. The third kappa shape index (κ3) is 3.93. The number of nitrogens with zero attached hydrogens (tertiary/aromatic N) is 1. The van der Waals surface area contributed by atoms with Gasteiger partial charge in [-0.05, 0) is 32.9 Å². The lowest BCUT2D eigenvalue weighted by Gasteiger charge is -2.20. The second kappa shape index (κ2) is 6.58. The summed E-state index contributed by atoms with van der Waals surface area (Å²) in [7, 11) is 1.66. The highest BCUT2D eigenvalue weighted by molar-refractivity contribution is 6.37. The van der Waals surface area contributed by atoms with Crippen molar-refractivity contribution in [3.63, 3.8) is 0 Å². The second-order valence-electron chi connectivity index (χ2n) is 5.99. The van der Waals surface area contributed by atoms with Crippen molar-refractivity contribution in [1.29, 1.82) is 0 Å². The summed E-state index contributed by atoms with van der Waals surface area (Å²) in [5, 5.41) is 4.14. The Morgan fingerprint density at radius 3 is 2.73 bits per heavy atom. The number of methoxy groups -OCH3 is 1. The Labute approximate surface area is 135 Å². The van der Waals surface area contributed by atoms with Gasteiger partial charge >= 0.3 is 6.09 Å². The van der Waals surface area contributed by atoms with Crippen LogP contribution in [0, 0.1) is 0 Å². The quantitative estimate of drug-likeness (QED) is 0.912. The molecule has 120 valence electrons. The number of ether oxygens (including phenoxy) is 2. The van der Waals surface area contributed by atoms with Gasteiger partial charge in [-0.25, -0.2) is 4.79 Å². The largest absolute Gasteiger partial charge is 0.444 e. The summed E-state index contributed by atoms with van der Waals surface area (Å²) in [5.41, 5.74) is 1.02. The first kappa shape index (κ1) is 16.6. The summed E-state index contributed by atoms with van der Waals surface area (Å²) in [6.07, 6.45) is 1.34. The van der Waals surface area contributed by atoms with Crippen LogP contribution in [0.3, 0.4) is 0 Å². The van der Waals surface area contributed by atoms with Crippen LogP contribution in [-0.4, -0.2) is 30.0 Å². The van der Waals surface area contributed by atoms with Crippen LogP contribution in [0.15, 0.2) is 24.4 Å². The van der Waals surface area contributed by atoms with Crippen molar-refractivity contribution in [2.24, 2.45) is 0 Å². The van der Waals surface area contributed by atoms with Crippen LogP contribution in [-0.2, 0) is 16.0 Å². The third-order valence-corrected chi connectivity index (χ3v) is 3.32. The van der Waals surface area contributed by atoms with Crippen LogP contribution >= 0.6 is 11.6 Å². The second-order valence-corrected chi connectivity index (χ2v) is 6.40. The summed E-state index contributed by atoms with van der Waals surface area (Å²) in [6.45, 7) is 6.74. The summed E-state index contributed by atoms with van der Waals surface area (Å²) in [5.74, 6) is 0. The van der Waals surface area contributed by atoms with Crippen LogP contribution in [0.5, 0.6) is 0 Å². The minimum Gasteiger partial charge on any atom is -0.444 e. The minimum absolute atomic E-state index is 0.499. The number of nitrogens with one attached hydrogen (secondary N) is 1. The number of amides is 1. The van der Waals surface area contributed by atoms with Gasteiger partial charge in [0.1, 0.15) is 5.60 Å². The summed E-state index contributed by atoms with van der Waals surface area (Å²) in [4.78, 5) is 12.0. The molecule has 1 N–H and O–H groups in total. The zero-order valence-corrected chi connectivity index (χ0v) is 14.0. The molecule has 6 heteroatoms. The fourth-order valence-electron chi connectivity index (χ4n) is 2.19. The SMILES string of the molecule is COCCn1cc(Cl)c2c(NC(=O)OC(C)(C)C)cccc21. The molecule has 0 saturated carbocycles. The number of rotatable bonds is 4. The average Bonchev–Trinajstić information content (AvgIpc) is 2.72. The van der Waals surface area contributed by atoms with E-state index in [-0.39, 0.29) is 0 Å². The van der Waals surface area contributed by atoms with Crippen LogP contribution < -0.4 is 5.32 Å². The molecule has 5 nitrogen and oxygen atoms in total. The number of hydrogen-bond donors (Lipinski definition) is 1. The predicted molar refractivity (Wildman–Crippen MR) is 88.7 cm³/mol. The first-order chi connectivity index (χ1) is 10.3. The zero-order valence-electron chi connectivity index (χ0n) is 13.3. The lowest BCUT2D eigenvalue weighted by molar-refractivity contribution is 0.0636. The van der Waals surface area contributed by atoms with E-state index < -0.39 is 11.7 Å². The van der Waals surface area contributed by atoms with E-state index in [4.69, 9.17) is 21.1 Å². The van der Waals surface area contributed by atoms with E-state index in [9.17, 15) is 4.79 Å². The normalized spacial score (nSPS) is 11.7. The Morgan fingerprint density at radius 2 is 2.09 bits per heavy atom. The van der Waals surface area contributed by atoms with Crippen LogP contribution in [0.1, 0.15) is 20.8 Å². The zero-order chi connectivity index (χ0) is 16.3. The van der Waals surface area contributed by atoms with E-state index in [1.807, 2.05) is 43.7 Å². The summed E-state index contributed by atoms with van der Waals surface area (Å²) < 4.78 is 12.4. The molecule has 0 unspecified atom stereocenters. The predicted octanol–water partition coefficient (Wildman–Crippen LogP) is 4.29. The molecule has 1 amide bonds. The molecule has 1 heterocycles. The van der Waals surface area contributed by atoms with Crippen LogP contribution in [0.2, 0.25) is 5.02 Å². The van der Waals surface area contributed by atoms with Gasteiger partial charge in [-0.2, -0.15) is 0 Å². The topological polar surface area (TPSA) is 52.5 Å². The Kier molecular flexibility index (Phi) is 4.98. The van der Waals surface area contributed by atoms with E-state index in [0.717, 1.165) is 10.9 Å². The molecule has 2 aromatic rings. The maximum Gasteiger partial charge on any atom is 0.412 e. The van der Waals surface area contributed by atoms with Crippen LogP contribution in [0.25, 0.3) is 10.9 Å². The number of aromatic nitrogens is 1. The molecule has 22 heavy (non-hydrogen) atoms. The highest BCUT2D eigenvalue weighted by Gasteiger charge is 2.18. The summed E-state index contributed by atoms with van der Waals surface area (Å²) >= 11 is 6.32. The highest BCUT2D eigenvalue weighted by Crippen LogP contribution is 2.32. The van der Waals surface area contributed by atoms with Gasteiger partial charge in [-0.1, -0.05) is 17.7 Å². The number of hydrogen-bond acceptors (Lipinski definition) is 3. The van der Waals surface area contributed by atoms with Gasteiger partial charge < -0.3 is 14.0 Å². The van der Waals surface area contributed by atoms with Crippen molar-refractivity contribution >= 4 is 34.3 Å². The molecule has 0 bridgehead atoms. The molecule has 0 atom stereocenters. The highest BCUT2D eigenvalue weighted by atomic mass is 35.5. The Hall–Kier alpha value is -1.72. The molecule has 2 rings (SSSR count).